The maximum absolute atomic E-state index is 12.5. The van der Waals surface area contributed by atoms with E-state index in [1.165, 1.54) is 23.1 Å². The van der Waals surface area contributed by atoms with Crippen molar-refractivity contribution in [1.82, 2.24) is 10.2 Å². The summed E-state index contributed by atoms with van der Waals surface area (Å²) < 4.78 is 0. The van der Waals surface area contributed by atoms with Gasteiger partial charge in [0.2, 0.25) is 5.91 Å². The Morgan fingerprint density at radius 2 is 1.86 bits per heavy atom. The molecule has 8 heteroatoms. The average molecular weight is 345 g/mol. The fourth-order valence-electron chi connectivity index (χ4n) is 2.41. The van der Waals surface area contributed by atoms with Crippen LogP contribution < -0.4 is 5.32 Å². The van der Waals surface area contributed by atoms with E-state index < -0.39 is 24.5 Å². The molecular weight excluding hydrogens is 331 g/mol. The number of benzene rings is 1. The lowest BCUT2D eigenvalue weighted by Crippen LogP contribution is -2.47. The van der Waals surface area contributed by atoms with Crippen molar-refractivity contribution in [2.75, 3.05) is 13.1 Å². The van der Waals surface area contributed by atoms with Gasteiger partial charge in [-0.1, -0.05) is 23.2 Å². The minimum atomic E-state index is -1.13. The van der Waals surface area contributed by atoms with Crippen LogP contribution in [0, 0.1) is 0 Å². The Morgan fingerprint density at radius 3 is 2.45 bits per heavy atom. The lowest BCUT2D eigenvalue weighted by atomic mass is 10.1. The van der Waals surface area contributed by atoms with Crippen molar-refractivity contribution in [2.24, 2.45) is 0 Å². The number of likely N-dealkylation sites (tertiary alicyclic amines) is 1. The van der Waals surface area contributed by atoms with E-state index in [4.69, 9.17) is 28.3 Å². The van der Waals surface area contributed by atoms with Crippen LogP contribution in [0.25, 0.3) is 0 Å². The Balaban J connectivity index is 2.14. The Labute approximate surface area is 137 Å². The van der Waals surface area contributed by atoms with Crippen LogP contribution in [0.2, 0.25) is 10.0 Å². The van der Waals surface area contributed by atoms with E-state index >= 15 is 0 Å². The Hall–Kier alpha value is -1.79. The third kappa shape index (κ3) is 3.90. The second-order valence-electron chi connectivity index (χ2n) is 4.93. The van der Waals surface area contributed by atoms with E-state index in [1.54, 1.807) is 0 Å². The molecule has 0 radical (unpaired) electrons. The van der Waals surface area contributed by atoms with Crippen LogP contribution in [0.4, 0.5) is 0 Å². The number of carbonyl (C=O) groups is 3. The summed E-state index contributed by atoms with van der Waals surface area (Å²) >= 11 is 11.8. The van der Waals surface area contributed by atoms with Gasteiger partial charge in [0, 0.05) is 22.2 Å². The van der Waals surface area contributed by atoms with E-state index in [9.17, 15) is 14.4 Å². The Bertz CT molecular complexity index is 601. The molecule has 1 aromatic rings. The smallest absolute Gasteiger partial charge is 0.322 e. The van der Waals surface area contributed by atoms with E-state index in [0.29, 0.717) is 35.0 Å². The van der Waals surface area contributed by atoms with Crippen LogP contribution >= 0.6 is 23.2 Å². The van der Waals surface area contributed by atoms with Crippen LogP contribution in [0.5, 0.6) is 0 Å². The molecule has 0 bridgehead atoms. The van der Waals surface area contributed by atoms with E-state index in [1.807, 2.05) is 0 Å². The number of halogens is 2. The number of hydrogen-bond donors (Lipinski definition) is 2. The van der Waals surface area contributed by atoms with Crippen LogP contribution in [0.1, 0.15) is 23.2 Å². The summed E-state index contributed by atoms with van der Waals surface area (Å²) in [4.78, 5) is 36.4. The van der Waals surface area contributed by atoms with Gasteiger partial charge in [0.1, 0.15) is 12.6 Å². The van der Waals surface area contributed by atoms with Gasteiger partial charge in [0.05, 0.1) is 0 Å². The van der Waals surface area contributed by atoms with E-state index in [-0.39, 0.29) is 5.91 Å². The zero-order valence-corrected chi connectivity index (χ0v) is 13.0. The first-order chi connectivity index (χ1) is 10.4. The molecule has 6 nitrogen and oxygen atoms in total. The second-order valence-corrected chi connectivity index (χ2v) is 5.80. The minimum Gasteiger partial charge on any atom is -0.480 e. The first kappa shape index (κ1) is 16.6. The predicted molar refractivity (Wildman–Crippen MR) is 81.2 cm³/mol. The number of nitrogens with one attached hydrogen (secondary N) is 1. The Morgan fingerprint density at radius 1 is 1.23 bits per heavy atom. The molecular formula is C14H14Cl2N2O4. The largest absolute Gasteiger partial charge is 0.480 e. The first-order valence-electron chi connectivity index (χ1n) is 6.65. The average Bonchev–Trinajstić information content (AvgIpc) is 2.92. The molecule has 2 N–H and O–H groups in total. The molecule has 0 saturated carbocycles. The molecule has 1 aliphatic rings. The number of rotatable bonds is 4. The standard InChI is InChI=1S/C14H14Cl2N2O4/c15-9-4-8(5-10(16)6-9)14(22)18-3-1-2-11(18)13(21)17-7-12(19)20/h4-6,11H,1-3,7H2,(H,17,21)(H,19,20). The van der Waals surface area contributed by atoms with E-state index in [2.05, 4.69) is 5.32 Å². The summed E-state index contributed by atoms with van der Waals surface area (Å²) in [6, 6.07) is 3.81. The van der Waals surface area contributed by atoms with Crippen LogP contribution in [-0.2, 0) is 9.59 Å². The fraction of sp³-hybridized carbons (Fsp3) is 0.357. The van der Waals surface area contributed by atoms with Gasteiger partial charge in [-0.25, -0.2) is 0 Å². The van der Waals surface area contributed by atoms with Crippen LogP contribution in [0.3, 0.4) is 0 Å². The van der Waals surface area contributed by atoms with Gasteiger partial charge in [-0.05, 0) is 31.0 Å². The molecule has 1 heterocycles. The number of carbonyl (C=O) groups excluding carboxylic acids is 2. The topological polar surface area (TPSA) is 86.7 Å². The van der Waals surface area contributed by atoms with Crippen molar-refractivity contribution < 1.29 is 19.5 Å². The molecule has 1 unspecified atom stereocenters. The molecule has 1 fully saturated rings. The number of amides is 2. The van der Waals surface area contributed by atoms with Gasteiger partial charge in [-0.15, -0.1) is 0 Å². The van der Waals surface area contributed by atoms with Crippen molar-refractivity contribution in [1.29, 1.82) is 0 Å². The monoisotopic (exact) mass is 344 g/mol. The lowest BCUT2D eigenvalue weighted by molar-refractivity contribution is -0.138. The highest BCUT2D eigenvalue weighted by Gasteiger charge is 2.34. The molecule has 118 valence electrons. The molecule has 1 aliphatic heterocycles. The minimum absolute atomic E-state index is 0.301. The lowest BCUT2D eigenvalue weighted by Gasteiger charge is -2.24. The molecule has 0 spiro atoms. The number of nitrogens with zero attached hydrogens (tertiary/aromatic N) is 1. The Kier molecular flexibility index (Phi) is 5.26. The van der Waals surface area contributed by atoms with Crippen molar-refractivity contribution >= 4 is 41.0 Å². The van der Waals surface area contributed by atoms with Crippen LogP contribution in [-0.4, -0.2) is 46.9 Å². The summed E-state index contributed by atoms with van der Waals surface area (Å²) in [6.07, 6.45) is 1.16. The highest BCUT2D eigenvalue weighted by Crippen LogP contribution is 2.24. The van der Waals surface area contributed by atoms with Gasteiger partial charge < -0.3 is 15.3 Å². The summed E-state index contributed by atoms with van der Waals surface area (Å²) in [7, 11) is 0. The molecule has 0 aliphatic carbocycles. The first-order valence-corrected chi connectivity index (χ1v) is 7.40. The second kappa shape index (κ2) is 6.98. The molecule has 2 rings (SSSR count). The third-order valence-electron chi connectivity index (χ3n) is 3.34. The normalized spacial score (nSPS) is 17.4. The zero-order chi connectivity index (χ0) is 16.3. The summed E-state index contributed by atoms with van der Waals surface area (Å²) in [5, 5.41) is 11.6. The van der Waals surface area contributed by atoms with Gasteiger partial charge in [-0.3, -0.25) is 14.4 Å². The quantitative estimate of drug-likeness (QED) is 0.871. The highest BCUT2D eigenvalue weighted by atomic mass is 35.5. The van der Waals surface area contributed by atoms with Crippen LogP contribution in [0.15, 0.2) is 18.2 Å². The van der Waals surface area contributed by atoms with Gasteiger partial charge in [-0.2, -0.15) is 0 Å². The van der Waals surface area contributed by atoms with Crippen molar-refractivity contribution in [3.05, 3.63) is 33.8 Å². The zero-order valence-electron chi connectivity index (χ0n) is 11.5. The summed E-state index contributed by atoms with van der Waals surface area (Å²) in [5.41, 5.74) is 0.301. The van der Waals surface area contributed by atoms with Crippen molar-refractivity contribution in [3.63, 3.8) is 0 Å². The maximum Gasteiger partial charge on any atom is 0.322 e. The summed E-state index contributed by atoms with van der Waals surface area (Å²) in [6.45, 7) is -0.0471. The summed E-state index contributed by atoms with van der Waals surface area (Å²) in [5.74, 6) is -1.95. The van der Waals surface area contributed by atoms with Crippen molar-refractivity contribution in [3.8, 4) is 0 Å². The predicted octanol–water partition coefficient (Wildman–Crippen LogP) is 1.80. The van der Waals surface area contributed by atoms with Gasteiger partial charge in [0.15, 0.2) is 0 Å². The number of carboxylic acids is 1. The highest BCUT2D eigenvalue weighted by molar-refractivity contribution is 6.35. The third-order valence-corrected chi connectivity index (χ3v) is 3.78. The molecule has 2 amide bonds. The van der Waals surface area contributed by atoms with E-state index in [0.717, 1.165) is 0 Å². The van der Waals surface area contributed by atoms with Gasteiger partial charge >= 0.3 is 5.97 Å². The van der Waals surface area contributed by atoms with Gasteiger partial charge in [0.25, 0.3) is 5.91 Å². The molecule has 22 heavy (non-hydrogen) atoms. The fourth-order valence-corrected chi connectivity index (χ4v) is 2.93. The van der Waals surface area contributed by atoms with Crippen molar-refractivity contribution in [2.45, 2.75) is 18.9 Å². The number of carboxylic acid groups (broad SMARTS) is 1. The molecule has 1 saturated heterocycles. The molecule has 1 atom stereocenters. The molecule has 0 aromatic heterocycles. The number of hydrogen-bond acceptors (Lipinski definition) is 3. The number of aliphatic carboxylic acids is 1. The SMILES string of the molecule is O=C(O)CNC(=O)C1CCCN1C(=O)c1cc(Cl)cc(Cl)c1. The maximum atomic E-state index is 12.5. The molecule has 1 aromatic carbocycles.